The number of carbonyl (C=O) groups is 1. The predicted octanol–water partition coefficient (Wildman–Crippen LogP) is -7.38. The summed E-state index contributed by atoms with van der Waals surface area (Å²) in [6, 6.07) is 0. The lowest BCUT2D eigenvalue weighted by atomic mass is 9.38. The summed E-state index contributed by atoms with van der Waals surface area (Å²) in [5, 5.41) is 225. The van der Waals surface area contributed by atoms with Crippen molar-refractivity contribution in [3.05, 3.63) is 11.6 Å². The number of hydrogen-bond donors (Lipinski definition) is 21. The number of hydrogen-bond acceptors (Lipinski definition) is 34. The summed E-state index contributed by atoms with van der Waals surface area (Å²) in [5.74, 6) is -0.354. The van der Waals surface area contributed by atoms with Gasteiger partial charge in [-0.25, -0.2) is 0 Å². The fourth-order valence-electron chi connectivity index (χ4n) is 18.1. The summed E-state index contributed by atoms with van der Waals surface area (Å²) in [6.45, 7) is 11.3. The largest absolute Gasteiger partial charge is 0.394 e. The molecular formula is C66H110O34. The standard InChI is InChI=1S/C66H110O34/c1-24(9-13-37(63(4,5)88)99-61-55(100-60-54(87)46(79)40(73)30(20-69)94-60)49(82)43(76)33(97-61)23-90-57-51(84)45(78)39(72)29(19-68)93-57)25-15-16-64(6)34-12-10-26-27(66(34,8)35(70)17-65(25,64)7)11-14-36(62(26,2)3)98-59-53(86)48(81)42(75)32(96-59)22-91-58-52(85)47(80)41(74)31(95-58)21-89-56-50(83)44(77)38(71)28(18-67)92-56/h10,24-25,27-34,36-61,67-69,71-88H,9,11-23H2,1-8H3. The molecule has 9 fully saturated rings. The maximum Gasteiger partial charge on any atom is 0.187 e. The molecule has 10 aliphatic rings. The second kappa shape index (κ2) is 31.4. The van der Waals surface area contributed by atoms with Crippen molar-refractivity contribution in [2.75, 3.05) is 39.6 Å². The van der Waals surface area contributed by atoms with E-state index in [-0.39, 0.29) is 47.7 Å². The van der Waals surface area contributed by atoms with Crippen molar-refractivity contribution in [3.8, 4) is 0 Å². The van der Waals surface area contributed by atoms with Gasteiger partial charge in [-0.1, -0.05) is 53.2 Å². The molecule has 6 aliphatic heterocycles. The van der Waals surface area contributed by atoms with Crippen LogP contribution >= 0.6 is 0 Å². The Kier molecular flexibility index (Phi) is 25.3. The molecule has 0 spiro atoms. The highest BCUT2D eigenvalue weighted by Gasteiger charge is 2.71. The number of ketones is 1. The first-order chi connectivity index (χ1) is 46.8. The zero-order valence-electron chi connectivity index (χ0n) is 57.5. The Balaban J connectivity index is 0.795. The van der Waals surface area contributed by atoms with Gasteiger partial charge in [-0.05, 0) is 93.3 Å². The van der Waals surface area contributed by atoms with Gasteiger partial charge in [0.1, 0.15) is 152 Å². The van der Waals surface area contributed by atoms with Crippen molar-refractivity contribution in [3.63, 3.8) is 0 Å². The average molecular weight is 1450 g/mol. The molecule has 0 aromatic carbocycles. The minimum absolute atomic E-state index is 0.0250. The first-order valence-electron chi connectivity index (χ1n) is 34.9. The van der Waals surface area contributed by atoms with Gasteiger partial charge in [0.25, 0.3) is 0 Å². The molecule has 0 amide bonds. The van der Waals surface area contributed by atoms with E-state index in [1.807, 2.05) is 13.8 Å². The number of Topliss-reactive ketones (excluding diaryl/α,β-unsaturated/α-hetero) is 1. The second-order valence-electron chi connectivity index (χ2n) is 31.4. The van der Waals surface area contributed by atoms with Gasteiger partial charge in [-0.15, -0.1) is 0 Å². The molecule has 34 nitrogen and oxygen atoms in total. The summed E-state index contributed by atoms with van der Waals surface area (Å²) in [4.78, 5) is 15.5. The van der Waals surface area contributed by atoms with Gasteiger partial charge in [0.15, 0.2) is 37.7 Å². The second-order valence-corrected chi connectivity index (χ2v) is 31.4. The summed E-state index contributed by atoms with van der Waals surface area (Å²) in [7, 11) is 0. The van der Waals surface area contributed by atoms with Gasteiger partial charge >= 0.3 is 0 Å². The predicted molar refractivity (Wildman–Crippen MR) is 332 cm³/mol. The number of allylic oxidation sites excluding steroid dienone is 1. The highest BCUT2D eigenvalue weighted by atomic mass is 16.8. The third kappa shape index (κ3) is 14.8. The smallest absolute Gasteiger partial charge is 0.187 e. The SMILES string of the molecule is CC(CCC(OC1OC(COC2OC(CO)C(O)C(O)C2O)C(O)C(O)C1OC1OC(CO)C(O)C(O)C1O)C(C)(C)O)C1CCC2(C)C3CC=C4C(CCC(OC5OC(COC6OC(COC7OC(CO)C(O)C(O)C7O)C(O)C(O)C6O)C(O)C(O)C5O)C4(C)C)C3(C)C(=O)CC12C. The van der Waals surface area contributed by atoms with Crippen LogP contribution < -0.4 is 0 Å². The van der Waals surface area contributed by atoms with E-state index < -0.39 is 258 Å². The number of aliphatic hydroxyl groups excluding tert-OH is 20. The van der Waals surface area contributed by atoms with Crippen LogP contribution in [-0.2, 0) is 61.6 Å². The van der Waals surface area contributed by atoms with E-state index >= 15 is 4.79 Å². The fourth-order valence-corrected chi connectivity index (χ4v) is 18.1. The van der Waals surface area contributed by atoms with Crippen molar-refractivity contribution >= 4 is 5.78 Å². The van der Waals surface area contributed by atoms with Gasteiger partial charge < -0.3 is 164 Å². The van der Waals surface area contributed by atoms with Crippen LogP contribution in [-0.4, -0.2) is 355 Å². The Morgan fingerprint density at radius 2 is 0.870 bits per heavy atom. The van der Waals surface area contributed by atoms with E-state index in [9.17, 15) is 107 Å². The molecule has 0 radical (unpaired) electrons. The molecule has 0 aromatic rings. The van der Waals surface area contributed by atoms with Crippen molar-refractivity contribution < 1.29 is 169 Å². The number of ether oxygens (including phenoxy) is 12. The van der Waals surface area contributed by atoms with E-state index in [2.05, 4.69) is 33.8 Å². The quantitative estimate of drug-likeness (QED) is 0.0423. The van der Waals surface area contributed by atoms with E-state index in [1.165, 1.54) is 13.8 Å². The van der Waals surface area contributed by atoms with Crippen LogP contribution in [0.25, 0.3) is 0 Å². The van der Waals surface area contributed by atoms with Gasteiger partial charge in [0, 0.05) is 17.3 Å². The Morgan fingerprint density at radius 3 is 1.32 bits per heavy atom. The maximum absolute atomic E-state index is 15.5. The number of fused-ring (bicyclic) bond motifs is 5. The molecule has 39 unspecified atom stereocenters. The van der Waals surface area contributed by atoms with Crippen LogP contribution in [0.3, 0.4) is 0 Å². The Morgan fingerprint density at radius 1 is 0.480 bits per heavy atom. The number of aliphatic hydroxyl groups is 21. The van der Waals surface area contributed by atoms with Crippen molar-refractivity contribution in [1.29, 1.82) is 0 Å². The summed E-state index contributed by atoms with van der Waals surface area (Å²) in [5.41, 5.74) is -3.20. The van der Waals surface area contributed by atoms with E-state index in [4.69, 9.17) is 56.8 Å². The van der Waals surface area contributed by atoms with Crippen LogP contribution in [0.4, 0.5) is 0 Å². The highest BCUT2D eigenvalue weighted by molar-refractivity contribution is 5.88. The lowest BCUT2D eigenvalue weighted by molar-refractivity contribution is -0.380. The molecule has 3 saturated carbocycles. The summed E-state index contributed by atoms with van der Waals surface area (Å²) in [6.07, 6.45) is -47.6. The minimum Gasteiger partial charge on any atom is -0.394 e. The third-order valence-corrected chi connectivity index (χ3v) is 24.7. The molecule has 34 heteroatoms. The molecule has 10 rings (SSSR count). The van der Waals surface area contributed by atoms with Crippen LogP contribution in [0.1, 0.15) is 107 Å². The zero-order chi connectivity index (χ0) is 73.5. The molecular weight excluding hydrogens is 1340 g/mol. The average Bonchev–Trinajstić information content (AvgIpc) is 1.02. The monoisotopic (exact) mass is 1450 g/mol. The molecule has 21 N–H and O–H groups in total. The highest BCUT2D eigenvalue weighted by Crippen LogP contribution is 2.74. The molecule has 6 heterocycles. The maximum atomic E-state index is 15.5. The van der Waals surface area contributed by atoms with Crippen LogP contribution in [0.2, 0.25) is 0 Å². The van der Waals surface area contributed by atoms with Crippen molar-refractivity contribution in [1.82, 2.24) is 0 Å². The fraction of sp³-hybridized carbons (Fsp3) is 0.955. The molecule has 39 atom stereocenters. The lowest BCUT2D eigenvalue weighted by Gasteiger charge is -2.65. The Hall–Kier alpha value is -1.91. The van der Waals surface area contributed by atoms with Crippen LogP contribution in [0.5, 0.6) is 0 Å². The lowest BCUT2D eigenvalue weighted by Crippen LogP contribution is -2.65. The van der Waals surface area contributed by atoms with E-state index in [0.29, 0.717) is 25.7 Å². The van der Waals surface area contributed by atoms with E-state index in [0.717, 1.165) is 18.4 Å². The van der Waals surface area contributed by atoms with Crippen molar-refractivity contribution in [2.45, 2.75) is 309 Å². The minimum atomic E-state index is -1.98. The topological polar surface area (TPSA) is 553 Å². The molecule has 6 saturated heterocycles. The molecule has 0 bridgehead atoms. The summed E-state index contributed by atoms with van der Waals surface area (Å²) < 4.78 is 70.7. The Bertz CT molecular complexity index is 2720. The molecule has 100 heavy (non-hydrogen) atoms. The van der Waals surface area contributed by atoms with E-state index in [1.54, 1.807) is 0 Å². The Labute approximate surface area is 578 Å². The van der Waals surface area contributed by atoms with Gasteiger partial charge in [0.05, 0.1) is 57.5 Å². The van der Waals surface area contributed by atoms with Crippen LogP contribution in [0, 0.1) is 45.3 Å². The normalized spacial score (nSPS) is 51.3. The summed E-state index contributed by atoms with van der Waals surface area (Å²) >= 11 is 0. The van der Waals surface area contributed by atoms with Crippen molar-refractivity contribution in [2.24, 2.45) is 45.3 Å². The van der Waals surface area contributed by atoms with Gasteiger partial charge in [-0.3, -0.25) is 4.79 Å². The molecule has 4 aliphatic carbocycles. The van der Waals surface area contributed by atoms with Gasteiger partial charge in [-0.2, -0.15) is 0 Å². The first-order valence-corrected chi connectivity index (χ1v) is 34.9. The third-order valence-electron chi connectivity index (χ3n) is 24.7. The zero-order valence-corrected chi connectivity index (χ0v) is 57.5. The first kappa shape index (κ1) is 80.6. The van der Waals surface area contributed by atoms with Crippen LogP contribution in [0.15, 0.2) is 11.6 Å². The number of carbonyl (C=O) groups excluding carboxylic acids is 1. The molecule has 0 aromatic heterocycles. The number of rotatable bonds is 23. The van der Waals surface area contributed by atoms with Gasteiger partial charge in [0.2, 0.25) is 0 Å². The molecule has 578 valence electrons.